The summed E-state index contributed by atoms with van der Waals surface area (Å²) in [4.78, 5) is 38.3. The number of hydrogen-bond acceptors (Lipinski definition) is 4. The Labute approximate surface area is 129 Å². The predicted molar refractivity (Wildman–Crippen MR) is 82.0 cm³/mol. The minimum Gasteiger partial charge on any atom is -0.444 e. The van der Waals surface area contributed by atoms with Crippen LogP contribution < -0.4 is 11.2 Å². The van der Waals surface area contributed by atoms with Gasteiger partial charge in [-0.25, -0.2) is 9.59 Å². The molecule has 0 bridgehead atoms. The molecular formula is C15H23N3O4. The fourth-order valence-electron chi connectivity index (χ4n) is 2.78. The largest absolute Gasteiger partial charge is 0.444 e. The summed E-state index contributed by atoms with van der Waals surface area (Å²) in [7, 11) is 3.10. The molecule has 0 saturated heterocycles. The first kappa shape index (κ1) is 16.3. The second-order valence-corrected chi connectivity index (χ2v) is 6.67. The summed E-state index contributed by atoms with van der Waals surface area (Å²) < 4.78 is 7.96. The summed E-state index contributed by atoms with van der Waals surface area (Å²) >= 11 is 0. The molecule has 0 radical (unpaired) electrons. The van der Waals surface area contributed by atoms with Crippen LogP contribution in [0.4, 0.5) is 4.79 Å². The normalized spacial score (nSPS) is 18.1. The highest BCUT2D eigenvalue weighted by atomic mass is 16.6. The van der Waals surface area contributed by atoms with Gasteiger partial charge < -0.3 is 14.2 Å². The van der Waals surface area contributed by atoms with E-state index in [0.717, 1.165) is 4.57 Å². The lowest BCUT2D eigenvalue weighted by molar-refractivity contribution is 0.0154. The van der Waals surface area contributed by atoms with Crippen molar-refractivity contribution in [2.75, 3.05) is 6.54 Å². The molecule has 2 heterocycles. The standard InChI is InChI=1S/C15H23N3O4/c1-9-11-10(16(5)13(20)17(6)12(11)19)7-8-18(9)14(21)22-15(2,3)4/h9H,7-8H2,1-6H3. The van der Waals surface area contributed by atoms with Crippen molar-refractivity contribution in [3.8, 4) is 0 Å². The summed E-state index contributed by atoms with van der Waals surface area (Å²) in [6, 6.07) is -0.427. The Morgan fingerprint density at radius 3 is 2.32 bits per heavy atom. The van der Waals surface area contributed by atoms with Crippen LogP contribution in [0.3, 0.4) is 0 Å². The Bertz CT molecular complexity index is 724. The number of nitrogens with zero attached hydrogens (tertiary/aromatic N) is 3. The summed E-state index contributed by atoms with van der Waals surface area (Å²) in [6.07, 6.45) is 0.0161. The summed E-state index contributed by atoms with van der Waals surface area (Å²) in [5, 5.41) is 0. The van der Waals surface area contributed by atoms with Crippen LogP contribution in [0.25, 0.3) is 0 Å². The minimum atomic E-state index is -0.592. The fourth-order valence-corrected chi connectivity index (χ4v) is 2.78. The molecule has 1 aromatic rings. The maximum absolute atomic E-state index is 12.4. The number of aromatic nitrogens is 2. The summed E-state index contributed by atoms with van der Waals surface area (Å²) in [6.45, 7) is 7.61. The number of carbonyl (C=O) groups excluding carboxylic acids is 1. The highest BCUT2D eigenvalue weighted by Gasteiger charge is 2.34. The topological polar surface area (TPSA) is 73.5 Å². The lowest BCUT2D eigenvalue weighted by Crippen LogP contribution is -2.49. The van der Waals surface area contributed by atoms with Crippen molar-refractivity contribution in [2.45, 2.75) is 45.8 Å². The Morgan fingerprint density at radius 1 is 1.18 bits per heavy atom. The van der Waals surface area contributed by atoms with Gasteiger partial charge in [0.25, 0.3) is 5.56 Å². The molecule has 7 nitrogen and oxygen atoms in total. The van der Waals surface area contributed by atoms with Gasteiger partial charge in [0.05, 0.1) is 11.6 Å². The molecule has 0 aromatic carbocycles. The van der Waals surface area contributed by atoms with Crippen LogP contribution in [0, 0.1) is 0 Å². The van der Waals surface area contributed by atoms with E-state index in [4.69, 9.17) is 4.74 Å². The van der Waals surface area contributed by atoms with Crippen molar-refractivity contribution in [3.05, 3.63) is 32.1 Å². The lowest BCUT2D eigenvalue weighted by atomic mass is 9.99. The van der Waals surface area contributed by atoms with E-state index in [1.54, 1.807) is 39.6 Å². The molecule has 0 N–H and O–H groups in total. The van der Waals surface area contributed by atoms with E-state index in [0.29, 0.717) is 24.2 Å². The number of rotatable bonds is 0. The summed E-state index contributed by atoms with van der Waals surface area (Å²) in [5.41, 5.74) is -0.103. The van der Waals surface area contributed by atoms with E-state index in [1.165, 1.54) is 11.6 Å². The molecule has 1 aliphatic rings. The molecule has 1 unspecified atom stereocenters. The van der Waals surface area contributed by atoms with Crippen molar-refractivity contribution >= 4 is 6.09 Å². The van der Waals surface area contributed by atoms with Gasteiger partial charge in [-0.2, -0.15) is 0 Å². The molecule has 7 heteroatoms. The smallest absolute Gasteiger partial charge is 0.410 e. The third-order valence-corrected chi connectivity index (χ3v) is 3.93. The van der Waals surface area contributed by atoms with Gasteiger partial charge in [0.15, 0.2) is 0 Å². The maximum Gasteiger partial charge on any atom is 0.410 e. The number of amides is 1. The molecule has 1 aromatic heterocycles. The molecular weight excluding hydrogens is 286 g/mol. The van der Waals surface area contributed by atoms with Crippen molar-refractivity contribution in [3.63, 3.8) is 0 Å². The molecule has 1 amide bonds. The number of carbonyl (C=O) groups is 1. The molecule has 0 aliphatic carbocycles. The Morgan fingerprint density at radius 2 is 1.77 bits per heavy atom. The number of ether oxygens (including phenoxy) is 1. The predicted octanol–water partition coefficient (Wildman–Crippen LogP) is 0.938. The van der Waals surface area contributed by atoms with Crippen molar-refractivity contribution in [1.82, 2.24) is 14.0 Å². The van der Waals surface area contributed by atoms with Gasteiger partial charge in [-0.3, -0.25) is 9.36 Å². The highest BCUT2D eigenvalue weighted by Crippen LogP contribution is 2.27. The van der Waals surface area contributed by atoms with Crippen LogP contribution in [-0.4, -0.2) is 32.3 Å². The van der Waals surface area contributed by atoms with Gasteiger partial charge in [0.2, 0.25) is 0 Å². The van der Waals surface area contributed by atoms with Crippen molar-refractivity contribution in [2.24, 2.45) is 14.1 Å². The minimum absolute atomic E-state index is 0.346. The van der Waals surface area contributed by atoms with Crippen LogP contribution in [0.5, 0.6) is 0 Å². The molecule has 0 saturated carbocycles. The Kier molecular flexibility index (Phi) is 3.93. The zero-order valence-electron chi connectivity index (χ0n) is 14.0. The summed E-state index contributed by atoms with van der Waals surface area (Å²) in [5.74, 6) is 0. The first-order valence-corrected chi connectivity index (χ1v) is 7.33. The molecule has 2 rings (SSSR count). The highest BCUT2D eigenvalue weighted by molar-refractivity contribution is 5.69. The second-order valence-electron chi connectivity index (χ2n) is 6.67. The van der Waals surface area contributed by atoms with Gasteiger partial charge in [0.1, 0.15) is 5.60 Å². The Hall–Kier alpha value is -2.05. The molecule has 1 atom stereocenters. The first-order chi connectivity index (χ1) is 10.0. The molecule has 122 valence electrons. The Balaban J connectivity index is 2.47. The zero-order chi connectivity index (χ0) is 16.8. The monoisotopic (exact) mass is 309 g/mol. The lowest BCUT2D eigenvalue weighted by Gasteiger charge is -2.36. The van der Waals surface area contributed by atoms with E-state index in [2.05, 4.69) is 0 Å². The van der Waals surface area contributed by atoms with Crippen molar-refractivity contribution < 1.29 is 9.53 Å². The number of fused-ring (bicyclic) bond motifs is 1. The first-order valence-electron chi connectivity index (χ1n) is 7.33. The van der Waals surface area contributed by atoms with Gasteiger partial charge in [-0.1, -0.05) is 0 Å². The van der Waals surface area contributed by atoms with E-state index < -0.39 is 17.7 Å². The van der Waals surface area contributed by atoms with Crippen LogP contribution in [0.15, 0.2) is 9.59 Å². The van der Waals surface area contributed by atoms with E-state index in [1.807, 2.05) is 0 Å². The van der Waals surface area contributed by atoms with Gasteiger partial charge in [-0.15, -0.1) is 0 Å². The second kappa shape index (κ2) is 5.30. The average Bonchev–Trinajstić information content (AvgIpc) is 2.40. The maximum atomic E-state index is 12.4. The molecule has 0 fully saturated rings. The average molecular weight is 309 g/mol. The quantitative estimate of drug-likeness (QED) is 0.715. The zero-order valence-corrected chi connectivity index (χ0v) is 14.0. The SMILES string of the molecule is CC1c2c(n(C)c(=O)n(C)c2=O)CCN1C(=O)OC(C)(C)C. The van der Waals surface area contributed by atoms with Crippen molar-refractivity contribution in [1.29, 1.82) is 0 Å². The van der Waals surface area contributed by atoms with Crippen LogP contribution in [0.2, 0.25) is 0 Å². The molecule has 22 heavy (non-hydrogen) atoms. The van der Waals surface area contributed by atoms with Crippen LogP contribution in [0.1, 0.15) is 45.0 Å². The fraction of sp³-hybridized carbons (Fsp3) is 0.667. The van der Waals surface area contributed by atoms with Gasteiger partial charge in [0, 0.05) is 32.8 Å². The van der Waals surface area contributed by atoms with Gasteiger partial charge >= 0.3 is 11.8 Å². The van der Waals surface area contributed by atoms with Crippen LogP contribution >= 0.6 is 0 Å². The van der Waals surface area contributed by atoms with E-state index >= 15 is 0 Å². The van der Waals surface area contributed by atoms with E-state index in [-0.39, 0.29) is 11.2 Å². The third-order valence-electron chi connectivity index (χ3n) is 3.93. The third kappa shape index (κ3) is 2.67. The van der Waals surface area contributed by atoms with E-state index in [9.17, 15) is 14.4 Å². The molecule has 0 spiro atoms. The molecule has 1 aliphatic heterocycles. The van der Waals surface area contributed by atoms with Crippen LogP contribution in [-0.2, 0) is 25.3 Å². The van der Waals surface area contributed by atoms with Gasteiger partial charge in [-0.05, 0) is 27.7 Å². The number of hydrogen-bond donors (Lipinski definition) is 0.